The normalized spacial score (nSPS) is 18.8. The van der Waals surface area contributed by atoms with Crippen LogP contribution in [-0.4, -0.2) is 33.7 Å². The van der Waals surface area contributed by atoms with Gasteiger partial charge in [0.25, 0.3) is 0 Å². The predicted octanol–water partition coefficient (Wildman–Crippen LogP) is 5.53. The Hall–Kier alpha value is -2.93. The van der Waals surface area contributed by atoms with Crippen molar-refractivity contribution in [2.24, 2.45) is 5.92 Å². The van der Waals surface area contributed by atoms with E-state index in [1.165, 1.54) is 11.3 Å². The lowest BCUT2D eigenvalue weighted by Gasteiger charge is -2.18. The number of halogens is 3. The molecule has 3 aromatic rings. The van der Waals surface area contributed by atoms with Crippen LogP contribution in [0.15, 0.2) is 24.3 Å². The summed E-state index contributed by atoms with van der Waals surface area (Å²) in [5.74, 6) is 0.715. The number of aryl methyl sites for hydroxylation is 1. The molecule has 0 aliphatic heterocycles. The minimum Gasteiger partial charge on any atom is -0.367 e. The third-order valence-electron chi connectivity index (χ3n) is 5.31. The molecule has 2 heterocycles. The maximum Gasteiger partial charge on any atom is 0.405 e. The molecule has 4 rings (SSSR count). The first-order chi connectivity index (χ1) is 14.8. The minimum absolute atomic E-state index is 0.0752. The monoisotopic (exact) mass is 446 g/mol. The molecule has 1 aromatic carbocycles. The number of hydrogen-bond donors (Lipinski definition) is 2. The molecule has 1 aliphatic carbocycles. The highest BCUT2D eigenvalue weighted by molar-refractivity contribution is 7.21. The van der Waals surface area contributed by atoms with Crippen molar-refractivity contribution in [1.82, 2.24) is 15.0 Å². The number of aromatic nitrogens is 3. The first-order valence-corrected chi connectivity index (χ1v) is 10.8. The van der Waals surface area contributed by atoms with Crippen molar-refractivity contribution in [3.63, 3.8) is 0 Å². The topological polar surface area (TPSA) is 86.5 Å². The number of thiazole rings is 1. The van der Waals surface area contributed by atoms with Crippen molar-refractivity contribution in [2.75, 3.05) is 17.2 Å². The summed E-state index contributed by atoms with van der Waals surface area (Å²) in [4.78, 5) is 13.3. The molecule has 2 aromatic heterocycles. The number of nitriles is 1. The number of benzene rings is 1. The van der Waals surface area contributed by atoms with E-state index < -0.39 is 12.7 Å². The zero-order valence-corrected chi connectivity index (χ0v) is 17.6. The maximum atomic E-state index is 12.7. The van der Waals surface area contributed by atoms with Crippen molar-refractivity contribution in [3.8, 4) is 16.6 Å². The molecule has 1 aliphatic rings. The molecule has 0 amide bonds. The lowest BCUT2D eigenvalue weighted by atomic mass is 10.1. The van der Waals surface area contributed by atoms with E-state index in [0.29, 0.717) is 29.4 Å². The lowest BCUT2D eigenvalue weighted by molar-refractivity contribution is -0.115. The van der Waals surface area contributed by atoms with Gasteiger partial charge in [-0.1, -0.05) is 12.1 Å². The van der Waals surface area contributed by atoms with Gasteiger partial charge >= 0.3 is 6.18 Å². The molecular formula is C21H21F3N6S. The number of para-hydroxylation sites is 1. The second-order valence-corrected chi connectivity index (χ2v) is 8.72. The van der Waals surface area contributed by atoms with Crippen molar-refractivity contribution < 1.29 is 13.2 Å². The average Bonchev–Trinajstić information content (AvgIpc) is 3.32. The van der Waals surface area contributed by atoms with Gasteiger partial charge in [0, 0.05) is 12.5 Å². The molecule has 0 unspecified atom stereocenters. The van der Waals surface area contributed by atoms with Crippen molar-refractivity contribution in [2.45, 2.75) is 44.8 Å². The van der Waals surface area contributed by atoms with E-state index >= 15 is 0 Å². The van der Waals surface area contributed by atoms with Crippen LogP contribution in [-0.2, 0) is 0 Å². The lowest BCUT2D eigenvalue weighted by Crippen LogP contribution is -2.23. The van der Waals surface area contributed by atoms with Gasteiger partial charge in [0.1, 0.15) is 17.4 Å². The van der Waals surface area contributed by atoms with Gasteiger partial charge in [-0.25, -0.2) is 9.97 Å². The summed E-state index contributed by atoms with van der Waals surface area (Å²) in [7, 11) is 0. The average molecular weight is 447 g/mol. The van der Waals surface area contributed by atoms with E-state index in [-0.39, 0.29) is 12.0 Å². The quantitative estimate of drug-likeness (QED) is 0.518. The molecule has 162 valence electrons. The Morgan fingerprint density at radius 2 is 2.00 bits per heavy atom. The van der Waals surface area contributed by atoms with Gasteiger partial charge in [-0.05, 0) is 44.2 Å². The van der Waals surface area contributed by atoms with Crippen molar-refractivity contribution in [3.05, 3.63) is 30.0 Å². The summed E-state index contributed by atoms with van der Waals surface area (Å²) in [6.45, 7) is 0.542. The summed E-state index contributed by atoms with van der Waals surface area (Å²) in [6, 6.07) is 10.0. The number of anilines is 2. The van der Waals surface area contributed by atoms with Crippen LogP contribution in [0, 0.1) is 24.2 Å². The Morgan fingerprint density at radius 3 is 2.74 bits per heavy atom. The van der Waals surface area contributed by atoms with E-state index in [2.05, 4.69) is 26.7 Å². The van der Waals surface area contributed by atoms with E-state index in [9.17, 15) is 13.2 Å². The molecule has 1 saturated carbocycles. The third-order valence-corrected chi connectivity index (χ3v) is 6.36. The van der Waals surface area contributed by atoms with Crippen molar-refractivity contribution >= 4 is 33.3 Å². The van der Waals surface area contributed by atoms with Gasteiger partial charge in [-0.15, -0.1) is 11.3 Å². The van der Waals surface area contributed by atoms with E-state index in [1.54, 1.807) is 6.92 Å². The molecule has 0 radical (unpaired) electrons. The molecule has 1 fully saturated rings. The van der Waals surface area contributed by atoms with Crippen LogP contribution in [0.25, 0.3) is 20.8 Å². The first-order valence-electron chi connectivity index (χ1n) is 10.0. The Kier molecular flexibility index (Phi) is 5.96. The van der Waals surface area contributed by atoms with E-state index in [0.717, 1.165) is 34.5 Å². The number of nitrogens with zero attached hydrogens (tertiary/aromatic N) is 4. The molecule has 6 nitrogen and oxygen atoms in total. The van der Waals surface area contributed by atoms with Crippen LogP contribution in [0.2, 0.25) is 0 Å². The number of hydrogen-bond acceptors (Lipinski definition) is 7. The maximum absolute atomic E-state index is 12.7. The van der Waals surface area contributed by atoms with Crippen molar-refractivity contribution in [1.29, 1.82) is 5.26 Å². The fourth-order valence-electron chi connectivity index (χ4n) is 3.88. The highest BCUT2D eigenvalue weighted by Gasteiger charge is 2.29. The standard InChI is InChI=1S/C21H21F3N6S/c1-12-17(19-29-15-4-2-3-5-16(15)31-19)18(28-14-7-6-13(10-14)8-9-25)30-20(27-12)26-11-21(22,23)24/h2-5,13-14H,6-8,10-11H2,1H3,(H2,26,27,28,30)/t13-,14-/m0/s1. The number of rotatable bonds is 6. The molecular weight excluding hydrogens is 425 g/mol. The number of nitrogens with one attached hydrogen (secondary N) is 2. The summed E-state index contributed by atoms with van der Waals surface area (Å²) in [5.41, 5.74) is 2.09. The molecule has 0 spiro atoms. The summed E-state index contributed by atoms with van der Waals surface area (Å²) < 4.78 is 39.1. The molecule has 0 bridgehead atoms. The third kappa shape index (κ3) is 5.05. The smallest absolute Gasteiger partial charge is 0.367 e. The van der Waals surface area contributed by atoms with E-state index in [1.807, 2.05) is 24.3 Å². The Labute approximate surface area is 181 Å². The Bertz CT molecular complexity index is 1090. The van der Waals surface area contributed by atoms with Gasteiger partial charge in [0.05, 0.1) is 27.5 Å². The molecule has 0 saturated heterocycles. The van der Waals surface area contributed by atoms with Crippen LogP contribution < -0.4 is 10.6 Å². The Morgan fingerprint density at radius 1 is 1.19 bits per heavy atom. The van der Waals surface area contributed by atoms with Gasteiger partial charge < -0.3 is 10.6 Å². The fraction of sp³-hybridized carbons (Fsp3) is 0.429. The van der Waals surface area contributed by atoms with Crippen LogP contribution in [0.5, 0.6) is 0 Å². The van der Waals surface area contributed by atoms with Crippen LogP contribution in [0.4, 0.5) is 24.9 Å². The SMILES string of the molecule is Cc1nc(NCC(F)(F)F)nc(N[C@H]2CC[C@@H](CC#N)C2)c1-c1nc2ccccc2s1. The Balaban J connectivity index is 1.69. The first kappa shape index (κ1) is 21.3. The van der Waals surface area contributed by atoms with Crippen LogP contribution >= 0.6 is 11.3 Å². The van der Waals surface area contributed by atoms with E-state index in [4.69, 9.17) is 10.2 Å². The van der Waals surface area contributed by atoms with Gasteiger partial charge in [0.15, 0.2) is 0 Å². The second-order valence-electron chi connectivity index (χ2n) is 7.69. The van der Waals surface area contributed by atoms with Crippen LogP contribution in [0.3, 0.4) is 0 Å². The number of fused-ring (bicyclic) bond motifs is 1. The largest absolute Gasteiger partial charge is 0.405 e. The summed E-state index contributed by atoms with van der Waals surface area (Å²) in [5, 5.41) is 15.4. The van der Waals surface area contributed by atoms with Crippen LogP contribution in [0.1, 0.15) is 31.4 Å². The molecule has 31 heavy (non-hydrogen) atoms. The minimum atomic E-state index is -4.37. The predicted molar refractivity (Wildman–Crippen MR) is 115 cm³/mol. The highest BCUT2D eigenvalue weighted by atomic mass is 32.1. The molecule has 2 atom stereocenters. The highest BCUT2D eigenvalue weighted by Crippen LogP contribution is 2.38. The summed E-state index contributed by atoms with van der Waals surface area (Å²) >= 11 is 1.49. The molecule has 2 N–H and O–H groups in total. The zero-order chi connectivity index (χ0) is 22.0. The van der Waals surface area contributed by atoms with Gasteiger partial charge in [0.2, 0.25) is 5.95 Å². The van der Waals surface area contributed by atoms with Gasteiger partial charge in [-0.3, -0.25) is 0 Å². The van der Waals surface area contributed by atoms with Gasteiger partial charge in [-0.2, -0.15) is 23.4 Å². The second kappa shape index (κ2) is 8.67. The zero-order valence-electron chi connectivity index (χ0n) is 16.8. The fourth-order valence-corrected chi connectivity index (χ4v) is 4.95. The number of alkyl halides is 3. The summed E-state index contributed by atoms with van der Waals surface area (Å²) in [6.07, 6.45) is -1.23. The molecule has 10 heteroatoms.